The van der Waals surface area contributed by atoms with Crippen molar-refractivity contribution in [2.45, 2.75) is 18.3 Å². The average molecular weight is 175 g/mol. The molecule has 0 atom stereocenters. The molecule has 0 saturated heterocycles. The Morgan fingerprint density at radius 1 is 1.30 bits per heavy atom. The van der Waals surface area contributed by atoms with E-state index in [1.807, 2.05) is 0 Å². The molecule has 0 fully saturated rings. The topological polar surface area (TPSA) is 0 Å². The van der Waals surface area contributed by atoms with Crippen LogP contribution in [0.5, 0.6) is 0 Å². The van der Waals surface area contributed by atoms with Crippen LogP contribution in [0.2, 0.25) is 0 Å². The highest BCUT2D eigenvalue weighted by Gasteiger charge is 2.51. The molecule has 1 aliphatic rings. The Bertz CT molecular complexity index is 184. The lowest BCUT2D eigenvalue weighted by Crippen LogP contribution is -2.18. The maximum absolute atomic E-state index is 12.2. The highest BCUT2D eigenvalue weighted by Crippen LogP contribution is 2.45. The molecule has 1 rings (SSSR count). The molecule has 0 aromatic carbocycles. The molecule has 0 N–H and O–H groups in total. The van der Waals surface area contributed by atoms with Crippen LogP contribution in [-0.4, -0.2) is 11.8 Å². The summed E-state index contributed by atoms with van der Waals surface area (Å²) in [6, 6.07) is 0. The molecule has 5 heteroatoms. The standard InChI is InChI=1S/C5H3ClF4/c6-3-1-4(7,8)2-5(3,9)10/h1H,2H2. The molecule has 0 amide bonds. The Morgan fingerprint density at radius 3 is 1.90 bits per heavy atom. The van der Waals surface area contributed by atoms with Crippen LogP contribution in [0.25, 0.3) is 0 Å². The fourth-order valence-electron chi connectivity index (χ4n) is 0.722. The monoisotopic (exact) mass is 174 g/mol. The Kier molecular flexibility index (Phi) is 1.47. The summed E-state index contributed by atoms with van der Waals surface area (Å²) in [6.07, 6.45) is -1.41. The third kappa shape index (κ3) is 1.26. The molecule has 0 radical (unpaired) electrons. The van der Waals surface area contributed by atoms with Crippen molar-refractivity contribution in [1.29, 1.82) is 0 Å². The van der Waals surface area contributed by atoms with Crippen LogP contribution in [0.1, 0.15) is 6.42 Å². The van der Waals surface area contributed by atoms with Crippen LogP contribution in [0.3, 0.4) is 0 Å². The zero-order valence-electron chi connectivity index (χ0n) is 4.67. The second-order valence-electron chi connectivity index (χ2n) is 2.13. The molecule has 0 bridgehead atoms. The highest BCUT2D eigenvalue weighted by molar-refractivity contribution is 6.30. The Hall–Kier alpha value is -0.250. The summed E-state index contributed by atoms with van der Waals surface area (Å²) in [7, 11) is 0. The van der Waals surface area contributed by atoms with Crippen molar-refractivity contribution in [2.75, 3.05) is 0 Å². The fraction of sp³-hybridized carbons (Fsp3) is 0.600. The minimum absolute atomic E-state index is 0.0918. The number of allylic oxidation sites excluding steroid dienone is 2. The third-order valence-corrected chi connectivity index (χ3v) is 1.53. The number of hydrogen-bond acceptors (Lipinski definition) is 0. The van der Waals surface area contributed by atoms with Crippen molar-refractivity contribution in [3.05, 3.63) is 11.1 Å². The summed E-state index contributed by atoms with van der Waals surface area (Å²) in [5.41, 5.74) is 0. The lowest BCUT2D eigenvalue weighted by Gasteiger charge is -2.09. The van der Waals surface area contributed by atoms with Gasteiger partial charge >= 0.3 is 0 Å². The zero-order chi connectivity index (χ0) is 7.99. The van der Waals surface area contributed by atoms with Gasteiger partial charge in [-0.15, -0.1) is 0 Å². The number of rotatable bonds is 0. The molecular formula is C5H3ClF4. The van der Waals surface area contributed by atoms with Gasteiger partial charge in [0.2, 0.25) is 0 Å². The fourth-order valence-corrected chi connectivity index (χ4v) is 0.949. The van der Waals surface area contributed by atoms with Gasteiger partial charge in [0.05, 0.1) is 11.5 Å². The van der Waals surface area contributed by atoms with Crippen molar-refractivity contribution in [3.8, 4) is 0 Å². The van der Waals surface area contributed by atoms with E-state index in [1.165, 1.54) is 0 Å². The first-order valence-corrected chi connectivity index (χ1v) is 2.86. The smallest absolute Gasteiger partial charge is 0.202 e. The largest absolute Gasteiger partial charge is 0.289 e. The highest BCUT2D eigenvalue weighted by atomic mass is 35.5. The zero-order valence-corrected chi connectivity index (χ0v) is 5.43. The van der Waals surface area contributed by atoms with Crippen LogP contribution in [0.15, 0.2) is 11.1 Å². The SMILES string of the molecule is FC1(F)C=C(Cl)C(F)(F)C1. The first-order chi connectivity index (χ1) is 4.33. The van der Waals surface area contributed by atoms with Gasteiger partial charge in [-0.2, -0.15) is 0 Å². The molecule has 0 aromatic rings. The molecule has 0 saturated carbocycles. The molecule has 0 unspecified atom stereocenters. The molecule has 0 heterocycles. The normalized spacial score (nSPS) is 28.3. The summed E-state index contributed by atoms with van der Waals surface area (Å²) < 4.78 is 48.4. The lowest BCUT2D eigenvalue weighted by molar-refractivity contribution is -0.0369. The van der Waals surface area contributed by atoms with Gasteiger partial charge < -0.3 is 0 Å². The minimum atomic E-state index is -3.54. The molecular weight excluding hydrogens is 171 g/mol. The van der Waals surface area contributed by atoms with E-state index in [0.717, 1.165) is 0 Å². The van der Waals surface area contributed by atoms with Crippen molar-refractivity contribution in [3.63, 3.8) is 0 Å². The summed E-state index contributed by atoms with van der Waals surface area (Å²) >= 11 is 4.82. The maximum Gasteiger partial charge on any atom is 0.289 e. The van der Waals surface area contributed by atoms with Gasteiger partial charge in [0, 0.05) is 6.08 Å². The molecule has 10 heavy (non-hydrogen) atoms. The van der Waals surface area contributed by atoms with Crippen LogP contribution < -0.4 is 0 Å². The summed E-state index contributed by atoms with van der Waals surface area (Å²) in [6.45, 7) is 0. The van der Waals surface area contributed by atoms with Crippen molar-refractivity contribution in [1.82, 2.24) is 0 Å². The van der Waals surface area contributed by atoms with Gasteiger partial charge in [-0.3, -0.25) is 0 Å². The lowest BCUT2D eigenvalue weighted by atomic mass is 10.2. The number of hydrogen-bond donors (Lipinski definition) is 0. The van der Waals surface area contributed by atoms with Gasteiger partial charge in [0.1, 0.15) is 0 Å². The predicted octanol–water partition coefficient (Wildman–Crippen LogP) is 2.78. The Morgan fingerprint density at radius 2 is 1.80 bits per heavy atom. The quantitative estimate of drug-likeness (QED) is 0.496. The second-order valence-corrected chi connectivity index (χ2v) is 2.54. The van der Waals surface area contributed by atoms with E-state index in [4.69, 9.17) is 11.6 Å². The summed E-state index contributed by atoms with van der Waals surface area (Å²) in [5.74, 6) is -6.98. The van der Waals surface area contributed by atoms with E-state index >= 15 is 0 Å². The first kappa shape index (κ1) is 7.85. The van der Waals surface area contributed by atoms with Crippen LogP contribution in [0, 0.1) is 0 Å². The summed E-state index contributed by atoms with van der Waals surface area (Å²) in [4.78, 5) is 0. The van der Waals surface area contributed by atoms with E-state index in [-0.39, 0.29) is 6.08 Å². The van der Waals surface area contributed by atoms with Gasteiger partial charge in [-0.05, 0) is 0 Å². The van der Waals surface area contributed by atoms with Crippen molar-refractivity contribution < 1.29 is 17.6 Å². The molecule has 0 spiro atoms. The Balaban J connectivity index is 2.89. The van der Waals surface area contributed by atoms with E-state index in [0.29, 0.717) is 0 Å². The molecule has 0 nitrogen and oxygen atoms in total. The van der Waals surface area contributed by atoms with Gasteiger partial charge in [-0.25, -0.2) is 17.6 Å². The summed E-state index contributed by atoms with van der Waals surface area (Å²) in [5, 5.41) is -1.06. The average Bonchev–Trinajstić information content (AvgIpc) is 1.73. The molecule has 0 aromatic heterocycles. The van der Waals surface area contributed by atoms with Crippen molar-refractivity contribution in [2.24, 2.45) is 0 Å². The third-order valence-electron chi connectivity index (χ3n) is 1.15. The minimum Gasteiger partial charge on any atom is -0.202 e. The van der Waals surface area contributed by atoms with Crippen LogP contribution in [0.4, 0.5) is 17.6 Å². The Labute approximate surface area is 59.5 Å². The van der Waals surface area contributed by atoms with E-state index in [2.05, 4.69) is 0 Å². The number of halogens is 5. The van der Waals surface area contributed by atoms with Gasteiger partial charge in [0.15, 0.2) is 0 Å². The maximum atomic E-state index is 12.2. The van der Waals surface area contributed by atoms with Gasteiger partial charge in [-0.1, -0.05) is 11.6 Å². The van der Waals surface area contributed by atoms with E-state index in [1.54, 1.807) is 0 Å². The first-order valence-electron chi connectivity index (χ1n) is 2.48. The number of alkyl halides is 4. The van der Waals surface area contributed by atoms with Crippen molar-refractivity contribution >= 4 is 11.6 Å². The van der Waals surface area contributed by atoms with Gasteiger partial charge in [0.25, 0.3) is 11.8 Å². The van der Waals surface area contributed by atoms with E-state index < -0.39 is 23.3 Å². The second kappa shape index (κ2) is 1.87. The predicted molar refractivity (Wildman–Crippen MR) is 28.4 cm³/mol. The molecule has 58 valence electrons. The van der Waals surface area contributed by atoms with Crippen LogP contribution >= 0.6 is 11.6 Å². The van der Waals surface area contributed by atoms with E-state index in [9.17, 15) is 17.6 Å². The van der Waals surface area contributed by atoms with Crippen LogP contribution in [-0.2, 0) is 0 Å². The molecule has 1 aliphatic carbocycles. The molecule has 0 aliphatic heterocycles.